The summed E-state index contributed by atoms with van der Waals surface area (Å²) in [6.45, 7) is 3.32. The predicted octanol–water partition coefficient (Wildman–Crippen LogP) is 2.76. The molecule has 0 aromatic rings. The van der Waals surface area contributed by atoms with Crippen molar-refractivity contribution in [2.75, 3.05) is 19.6 Å². The van der Waals surface area contributed by atoms with Gasteiger partial charge >= 0.3 is 0 Å². The molecule has 0 amide bonds. The molecule has 3 heteroatoms. The molecule has 2 rings (SSSR count). The number of hydrogen-bond donors (Lipinski definition) is 0. The summed E-state index contributed by atoms with van der Waals surface area (Å²) in [5.74, 6) is 0.871. The molecular weight excluding hydrogens is 224 g/mol. The molecule has 0 aromatic heterocycles. The van der Waals surface area contributed by atoms with Gasteiger partial charge in [0.1, 0.15) is 5.78 Å². The maximum atomic E-state index is 12.4. The molecular formula is C15H24N2O. The summed E-state index contributed by atoms with van der Waals surface area (Å²) < 4.78 is 0. The van der Waals surface area contributed by atoms with E-state index in [1.807, 2.05) is 0 Å². The number of carbonyl (C=O) groups is 1. The van der Waals surface area contributed by atoms with Crippen LogP contribution in [0.5, 0.6) is 0 Å². The summed E-state index contributed by atoms with van der Waals surface area (Å²) in [6, 6.07) is 2.17. The van der Waals surface area contributed by atoms with Crippen LogP contribution in [0.15, 0.2) is 0 Å². The second kappa shape index (κ2) is 6.89. The van der Waals surface area contributed by atoms with Crippen LogP contribution in [0.25, 0.3) is 0 Å². The van der Waals surface area contributed by atoms with Gasteiger partial charge < -0.3 is 4.90 Å². The number of likely N-dealkylation sites (tertiary alicyclic amines) is 1. The highest BCUT2D eigenvalue weighted by molar-refractivity contribution is 5.84. The van der Waals surface area contributed by atoms with Crippen LogP contribution in [0.1, 0.15) is 51.4 Å². The van der Waals surface area contributed by atoms with E-state index in [2.05, 4.69) is 11.0 Å². The van der Waals surface area contributed by atoms with Crippen LogP contribution in [0, 0.1) is 23.2 Å². The Morgan fingerprint density at radius 2 is 1.83 bits per heavy atom. The number of piperidine rings is 1. The molecule has 2 fully saturated rings. The first-order chi connectivity index (χ1) is 8.81. The van der Waals surface area contributed by atoms with E-state index in [0.717, 1.165) is 25.8 Å². The number of ketones is 1. The van der Waals surface area contributed by atoms with Gasteiger partial charge in [-0.15, -0.1) is 0 Å². The lowest BCUT2D eigenvalue weighted by molar-refractivity contribution is -0.130. The summed E-state index contributed by atoms with van der Waals surface area (Å²) in [4.78, 5) is 14.8. The third-order valence-corrected chi connectivity index (χ3v) is 4.44. The second-order valence-electron chi connectivity index (χ2n) is 5.79. The first-order valence-electron chi connectivity index (χ1n) is 7.44. The number of nitriles is 1. The lowest BCUT2D eigenvalue weighted by atomic mass is 9.78. The predicted molar refractivity (Wildman–Crippen MR) is 71.0 cm³/mol. The molecule has 0 aromatic carbocycles. The molecule has 1 saturated heterocycles. The molecule has 18 heavy (non-hydrogen) atoms. The molecule has 0 bridgehead atoms. The quantitative estimate of drug-likeness (QED) is 0.768. The average Bonchev–Trinajstić information content (AvgIpc) is 2.41. The Hall–Kier alpha value is -0.880. The number of carbonyl (C=O) groups excluding carboxylic acids is 1. The Labute approximate surface area is 110 Å². The monoisotopic (exact) mass is 248 g/mol. The van der Waals surface area contributed by atoms with Crippen molar-refractivity contribution in [1.82, 2.24) is 4.90 Å². The average molecular weight is 248 g/mol. The van der Waals surface area contributed by atoms with Gasteiger partial charge in [-0.3, -0.25) is 4.79 Å². The molecule has 1 aliphatic carbocycles. The molecule has 1 saturated carbocycles. The van der Waals surface area contributed by atoms with E-state index in [1.165, 1.54) is 38.8 Å². The highest BCUT2D eigenvalue weighted by Gasteiger charge is 2.31. The Kier molecular flexibility index (Phi) is 5.19. The lowest BCUT2D eigenvalue weighted by Crippen LogP contribution is -2.40. The van der Waals surface area contributed by atoms with Crippen molar-refractivity contribution in [3.05, 3.63) is 0 Å². The van der Waals surface area contributed by atoms with Crippen LogP contribution >= 0.6 is 0 Å². The third-order valence-electron chi connectivity index (χ3n) is 4.44. The van der Waals surface area contributed by atoms with Crippen molar-refractivity contribution in [1.29, 1.82) is 5.26 Å². The molecule has 2 unspecified atom stereocenters. The molecule has 0 spiro atoms. The van der Waals surface area contributed by atoms with E-state index in [4.69, 9.17) is 5.26 Å². The van der Waals surface area contributed by atoms with Crippen LogP contribution in [0.2, 0.25) is 0 Å². The van der Waals surface area contributed by atoms with Crippen molar-refractivity contribution in [2.45, 2.75) is 51.4 Å². The minimum absolute atomic E-state index is 0.174. The lowest BCUT2D eigenvalue weighted by Gasteiger charge is -2.33. The van der Waals surface area contributed by atoms with Gasteiger partial charge in [-0.2, -0.15) is 5.26 Å². The van der Waals surface area contributed by atoms with Crippen LogP contribution in [-0.2, 0) is 4.79 Å². The smallest absolute Gasteiger partial charge is 0.140 e. The van der Waals surface area contributed by atoms with E-state index in [9.17, 15) is 4.79 Å². The van der Waals surface area contributed by atoms with Gasteiger partial charge in [-0.25, -0.2) is 0 Å². The Balaban J connectivity index is 1.83. The normalized spacial score (nSPS) is 30.1. The highest BCUT2D eigenvalue weighted by Crippen LogP contribution is 2.29. The zero-order valence-electron chi connectivity index (χ0n) is 11.2. The number of nitrogens with zero attached hydrogens (tertiary/aromatic N) is 2. The van der Waals surface area contributed by atoms with E-state index < -0.39 is 0 Å². The molecule has 3 nitrogen and oxygen atoms in total. The Morgan fingerprint density at radius 3 is 2.56 bits per heavy atom. The molecule has 1 heterocycles. The van der Waals surface area contributed by atoms with Gasteiger partial charge in [0.2, 0.25) is 0 Å². The van der Waals surface area contributed by atoms with Gasteiger partial charge in [-0.1, -0.05) is 12.8 Å². The van der Waals surface area contributed by atoms with Gasteiger partial charge in [0.15, 0.2) is 0 Å². The second-order valence-corrected chi connectivity index (χ2v) is 5.79. The fourth-order valence-electron chi connectivity index (χ4n) is 3.39. The Bertz CT molecular complexity index is 315. The summed E-state index contributed by atoms with van der Waals surface area (Å²) in [5.41, 5.74) is 0. The molecule has 0 N–H and O–H groups in total. The van der Waals surface area contributed by atoms with Crippen LogP contribution in [-0.4, -0.2) is 30.3 Å². The van der Waals surface area contributed by atoms with Crippen molar-refractivity contribution in [3.8, 4) is 6.07 Å². The number of hydrogen-bond acceptors (Lipinski definition) is 3. The van der Waals surface area contributed by atoms with E-state index >= 15 is 0 Å². The summed E-state index contributed by atoms with van der Waals surface area (Å²) in [7, 11) is 0. The zero-order valence-corrected chi connectivity index (χ0v) is 11.2. The maximum Gasteiger partial charge on any atom is 0.140 e. The standard InChI is InChI=1S/C15H24N2O/c16-9-5-8-13-6-4-7-14(15(13)18)12-17-10-2-1-3-11-17/h13-14H,1-8,10-12H2. The minimum Gasteiger partial charge on any atom is -0.303 e. The van der Waals surface area contributed by atoms with E-state index in [0.29, 0.717) is 12.2 Å². The fourth-order valence-corrected chi connectivity index (χ4v) is 3.39. The van der Waals surface area contributed by atoms with Crippen LogP contribution in [0.4, 0.5) is 0 Å². The van der Waals surface area contributed by atoms with E-state index in [-0.39, 0.29) is 11.8 Å². The Morgan fingerprint density at radius 1 is 1.11 bits per heavy atom. The van der Waals surface area contributed by atoms with Gasteiger partial charge in [-0.05, 0) is 45.2 Å². The number of Topliss-reactive ketones (excluding diaryl/α,β-unsaturated/α-hetero) is 1. The number of rotatable bonds is 4. The van der Waals surface area contributed by atoms with Crippen molar-refractivity contribution >= 4 is 5.78 Å². The largest absolute Gasteiger partial charge is 0.303 e. The third kappa shape index (κ3) is 3.55. The highest BCUT2D eigenvalue weighted by atomic mass is 16.1. The molecule has 0 radical (unpaired) electrons. The van der Waals surface area contributed by atoms with Crippen LogP contribution in [0.3, 0.4) is 0 Å². The van der Waals surface area contributed by atoms with E-state index in [1.54, 1.807) is 0 Å². The topological polar surface area (TPSA) is 44.1 Å². The minimum atomic E-state index is 0.174. The SMILES string of the molecule is N#CCCC1CCCC(CN2CCCCC2)C1=O. The molecule has 100 valence electrons. The van der Waals surface area contributed by atoms with Gasteiger partial charge in [0.05, 0.1) is 6.07 Å². The van der Waals surface area contributed by atoms with Gasteiger partial charge in [0.25, 0.3) is 0 Å². The maximum absolute atomic E-state index is 12.4. The fraction of sp³-hybridized carbons (Fsp3) is 0.867. The first-order valence-corrected chi connectivity index (χ1v) is 7.44. The van der Waals surface area contributed by atoms with Crippen molar-refractivity contribution in [2.24, 2.45) is 11.8 Å². The van der Waals surface area contributed by atoms with Crippen LogP contribution < -0.4 is 0 Å². The molecule has 1 aliphatic heterocycles. The zero-order chi connectivity index (χ0) is 12.8. The molecule has 2 aliphatic rings. The van der Waals surface area contributed by atoms with Gasteiger partial charge in [0, 0.05) is 24.8 Å². The summed E-state index contributed by atoms with van der Waals surface area (Å²) in [5, 5.41) is 8.64. The first kappa shape index (κ1) is 13.5. The molecule has 2 atom stereocenters. The van der Waals surface area contributed by atoms with Crippen molar-refractivity contribution in [3.63, 3.8) is 0 Å². The van der Waals surface area contributed by atoms with Crippen molar-refractivity contribution < 1.29 is 4.79 Å². The summed E-state index contributed by atoms with van der Waals surface area (Å²) in [6.07, 6.45) is 8.49. The summed E-state index contributed by atoms with van der Waals surface area (Å²) >= 11 is 0.